The summed E-state index contributed by atoms with van der Waals surface area (Å²) in [5, 5.41) is 39.7. The maximum Gasteiger partial charge on any atom is 0.347 e. The number of para-hydroxylation sites is 2. The summed E-state index contributed by atoms with van der Waals surface area (Å²) in [5.74, 6) is -2.73. The molecule has 364 valence electrons. The minimum absolute atomic E-state index is 0.0784. The van der Waals surface area contributed by atoms with E-state index in [1.165, 1.54) is 33.4 Å². The highest BCUT2D eigenvalue weighted by atomic mass is 19.1. The van der Waals surface area contributed by atoms with Gasteiger partial charge in [0.25, 0.3) is 11.1 Å². The molecule has 4 fully saturated rings. The SMILES string of the molecule is CCOC(=O)c1c(O)c2ccccc2n(Cc2ccc(F)cc2)c1=O.CCOC(=O)c1c(OC2CO[C@H]3[C@@H]2OC[C@@H]3O)c2ccccc2n(Cc2ccc(F)cc2)c1=O.OC1CO[C@H]2[C@@H]1OC[C@@H]2O. The highest BCUT2D eigenvalue weighted by molar-refractivity contribution is 6.00. The summed E-state index contributed by atoms with van der Waals surface area (Å²) < 4.78 is 67.1. The number of ether oxygens (including phenoxy) is 7. The van der Waals surface area contributed by atoms with Crippen LogP contribution in [0.3, 0.4) is 0 Å². The summed E-state index contributed by atoms with van der Waals surface area (Å²) >= 11 is 0. The predicted molar refractivity (Wildman–Crippen MR) is 242 cm³/mol. The van der Waals surface area contributed by atoms with Gasteiger partial charge in [0.05, 0.1) is 63.8 Å². The number of aromatic hydroxyl groups is 1. The van der Waals surface area contributed by atoms with E-state index in [2.05, 4.69) is 0 Å². The molecule has 8 atom stereocenters. The summed E-state index contributed by atoms with van der Waals surface area (Å²) in [6.07, 6.45) is -4.13. The molecule has 69 heavy (non-hydrogen) atoms. The van der Waals surface area contributed by atoms with E-state index in [-0.39, 0.29) is 87.9 Å². The summed E-state index contributed by atoms with van der Waals surface area (Å²) in [5.41, 5.74) is 0.530. The molecule has 0 saturated carbocycles. The monoisotopic (exact) mass is 956 g/mol. The van der Waals surface area contributed by atoms with E-state index >= 15 is 0 Å². The number of hydrogen-bond donors (Lipinski definition) is 4. The zero-order chi connectivity index (χ0) is 48.9. The molecule has 2 aromatic heterocycles. The third kappa shape index (κ3) is 10.3. The zero-order valence-electron chi connectivity index (χ0n) is 37.4. The molecule has 4 saturated heterocycles. The maximum atomic E-state index is 13.7. The van der Waals surface area contributed by atoms with Gasteiger partial charge in [-0.3, -0.25) is 9.59 Å². The molecule has 0 amide bonds. The molecule has 2 unspecified atom stereocenters. The summed E-state index contributed by atoms with van der Waals surface area (Å²) in [6.45, 7) is 4.52. The lowest BCUT2D eigenvalue weighted by molar-refractivity contribution is 0.00205. The summed E-state index contributed by atoms with van der Waals surface area (Å²) in [6, 6.07) is 25.3. The maximum absolute atomic E-state index is 13.7. The molecule has 0 aliphatic carbocycles. The fraction of sp³-hybridized carbons (Fsp3) is 0.360. The van der Waals surface area contributed by atoms with Crippen LogP contribution in [0.15, 0.2) is 107 Å². The van der Waals surface area contributed by atoms with Gasteiger partial charge in [0.15, 0.2) is 17.2 Å². The Morgan fingerprint density at radius 2 is 0.986 bits per heavy atom. The summed E-state index contributed by atoms with van der Waals surface area (Å²) in [4.78, 5) is 51.6. The Morgan fingerprint density at radius 1 is 0.580 bits per heavy atom. The zero-order valence-corrected chi connectivity index (χ0v) is 37.4. The second kappa shape index (κ2) is 21.4. The molecular weight excluding hydrogens is 907 g/mol. The number of halogens is 2. The third-order valence-corrected chi connectivity index (χ3v) is 12.0. The van der Waals surface area contributed by atoms with Gasteiger partial charge in [0.2, 0.25) is 0 Å². The molecule has 0 bridgehead atoms. The van der Waals surface area contributed by atoms with Crippen molar-refractivity contribution in [3.63, 3.8) is 0 Å². The van der Waals surface area contributed by atoms with Gasteiger partial charge in [0.1, 0.15) is 65.9 Å². The number of aliphatic hydroxyl groups is 3. The van der Waals surface area contributed by atoms with Gasteiger partial charge in [-0.15, -0.1) is 0 Å². The lowest BCUT2D eigenvalue weighted by Crippen LogP contribution is -2.36. The van der Waals surface area contributed by atoms with Crippen molar-refractivity contribution >= 4 is 33.7 Å². The van der Waals surface area contributed by atoms with E-state index in [1.807, 2.05) is 0 Å². The Kier molecular flexibility index (Phi) is 15.1. The van der Waals surface area contributed by atoms with Crippen LogP contribution in [0.1, 0.15) is 45.7 Å². The molecule has 19 heteroatoms. The van der Waals surface area contributed by atoms with Gasteiger partial charge < -0.3 is 62.7 Å². The lowest BCUT2D eigenvalue weighted by Gasteiger charge is -2.22. The summed E-state index contributed by atoms with van der Waals surface area (Å²) in [7, 11) is 0. The van der Waals surface area contributed by atoms with Crippen molar-refractivity contribution in [3.8, 4) is 11.5 Å². The topological polar surface area (TPSA) is 224 Å². The first-order valence-electron chi connectivity index (χ1n) is 22.3. The number of carbonyl (C=O) groups is 2. The van der Waals surface area contributed by atoms with Gasteiger partial charge in [-0.25, -0.2) is 18.4 Å². The van der Waals surface area contributed by atoms with Crippen LogP contribution in [0.4, 0.5) is 8.78 Å². The highest BCUT2D eigenvalue weighted by Gasteiger charge is 2.49. The van der Waals surface area contributed by atoms with Gasteiger partial charge in [-0.1, -0.05) is 48.5 Å². The Bertz CT molecular complexity index is 2910. The van der Waals surface area contributed by atoms with Crippen molar-refractivity contribution in [2.24, 2.45) is 0 Å². The van der Waals surface area contributed by atoms with Crippen LogP contribution in [-0.4, -0.2) is 130 Å². The van der Waals surface area contributed by atoms with Crippen molar-refractivity contribution < 1.29 is 72.0 Å². The van der Waals surface area contributed by atoms with E-state index in [0.29, 0.717) is 32.9 Å². The lowest BCUT2D eigenvalue weighted by atomic mass is 10.1. The Morgan fingerprint density at radius 3 is 1.49 bits per heavy atom. The molecule has 4 aromatic carbocycles. The van der Waals surface area contributed by atoms with Crippen LogP contribution < -0.4 is 15.9 Å². The van der Waals surface area contributed by atoms with Crippen LogP contribution in [0.25, 0.3) is 21.8 Å². The molecule has 4 aliphatic rings. The Balaban J connectivity index is 0.000000159. The number of benzene rings is 4. The molecule has 10 rings (SSSR count). The first kappa shape index (κ1) is 48.9. The fourth-order valence-electron chi connectivity index (χ4n) is 8.67. The average molecular weight is 957 g/mol. The standard InChI is InChI=1S/C25H24FNO7.C19H16FNO4.C6H10O4/c1-2-31-25(30)20-21(34-19-13-33-22-18(28)12-32-23(19)22)16-5-3-4-6-17(16)27(24(20)29)11-14-7-9-15(26)10-8-14;1-2-25-19(24)16-17(22)14-5-3-4-6-15(14)21(18(16)23)11-12-7-9-13(20)10-8-12;7-3-1-9-6-4(8)2-10-5(3)6/h3-10,18-19,22-23,28H,2,11-13H2,1H3;3-10,22H,2,11H2,1H3;3-8H,1-2H2/t18-,19?,22+,23+;;3-,4?,5+,6+/m0.0/s1. The molecule has 6 heterocycles. The van der Waals surface area contributed by atoms with Crippen LogP contribution in [-0.2, 0) is 41.5 Å². The number of hydrogen-bond acceptors (Lipinski definition) is 15. The van der Waals surface area contributed by atoms with E-state index in [9.17, 15) is 38.2 Å². The fourth-order valence-corrected chi connectivity index (χ4v) is 8.67. The second-order valence-corrected chi connectivity index (χ2v) is 16.5. The van der Waals surface area contributed by atoms with Crippen molar-refractivity contribution in [1.82, 2.24) is 9.13 Å². The molecule has 17 nitrogen and oxygen atoms in total. The van der Waals surface area contributed by atoms with Crippen molar-refractivity contribution in [1.29, 1.82) is 0 Å². The number of carbonyl (C=O) groups excluding carboxylic acids is 2. The predicted octanol–water partition coefficient (Wildman–Crippen LogP) is 3.85. The van der Waals surface area contributed by atoms with Crippen molar-refractivity contribution in [2.45, 2.75) is 75.8 Å². The highest BCUT2D eigenvalue weighted by Crippen LogP contribution is 2.35. The number of rotatable bonds is 10. The molecule has 6 aromatic rings. The van der Waals surface area contributed by atoms with Crippen LogP contribution in [0.2, 0.25) is 0 Å². The molecule has 4 N–H and O–H groups in total. The Hall–Kier alpha value is -6.58. The molecule has 0 radical (unpaired) electrons. The molecule has 4 aliphatic heterocycles. The average Bonchev–Trinajstić information content (AvgIpc) is 4.13. The van der Waals surface area contributed by atoms with Crippen LogP contribution in [0, 0.1) is 11.6 Å². The number of aromatic nitrogens is 2. The van der Waals surface area contributed by atoms with Gasteiger partial charge >= 0.3 is 11.9 Å². The minimum Gasteiger partial charge on any atom is -0.506 e. The number of nitrogens with zero attached hydrogens (tertiary/aromatic N) is 2. The van der Waals surface area contributed by atoms with Gasteiger partial charge in [-0.2, -0.15) is 0 Å². The van der Waals surface area contributed by atoms with Gasteiger partial charge in [-0.05, 0) is 73.5 Å². The minimum atomic E-state index is -0.872. The Labute approximate surface area is 392 Å². The number of pyridine rings is 2. The number of aliphatic hydroxyl groups excluding tert-OH is 3. The largest absolute Gasteiger partial charge is 0.506 e. The van der Waals surface area contributed by atoms with E-state index in [4.69, 9.17) is 43.4 Å². The molecular formula is C50H50F2N2O15. The van der Waals surface area contributed by atoms with Crippen molar-refractivity contribution in [3.05, 3.63) is 152 Å². The first-order valence-corrected chi connectivity index (χ1v) is 22.3. The second-order valence-electron chi connectivity index (χ2n) is 16.5. The van der Waals surface area contributed by atoms with E-state index in [0.717, 1.165) is 0 Å². The number of esters is 2. The van der Waals surface area contributed by atoms with Crippen LogP contribution >= 0.6 is 0 Å². The van der Waals surface area contributed by atoms with Crippen molar-refractivity contribution in [2.75, 3.05) is 39.6 Å². The van der Waals surface area contributed by atoms with Gasteiger partial charge in [0, 0.05) is 10.8 Å². The quantitative estimate of drug-likeness (QED) is 0.143. The third-order valence-electron chi connectivity index (χ3n) is 12.0. The van der Waals surface area contributed by atoms with E-state index < -0.39 is 71.0 Å². The van der Waals surface area contributed by atoms with E-state index in [1.54, 1.807) is 86.6 Å². The molecule has 0 spiro atoms. The smallest absolute Gasteiger partial charge is 0.347 e. The number of fused-ring (bicyclic) bond motifs is 4. The van der Waals surface area contributed by atoms with Crippen LogP contribution in [0.5, 0.6) is 11.5 Å². The first-order chi connectivity index (χ1) is 33.3. The normalized spacial score (nSPS) is 23.3.